The Morgan fingerprint density at radius 2 is 2.00 bits per heavy atom. The van der Waals surface area contributed by atoms with Crippen LogP contribution >= 0.6 is 0 Å². The molecule has 100 valence electrons. The predicted molar refractivity (Wildman–Crippen MR) is 67.7 cm³/mol. The van der Waals surface area contributed by atoms with Crippen molar-refractivity contribution in [2.24, 2.45) is 23.7 Å². The molecule has 1 N–H and O–H groups in total. The van der Waals surface area contributed by atoms with Gasteiger partial charge in [0.1, 0.15) is 5.60 Å². The summed E-state index contributed by atoms with van der Waals surface area (Å²) in [5.74, 6) is 2.04. The first-order valence-corrected chi connectivity index (χ1v) is 6.97. The van der Waals surface area contributed by atoms with E-state index in [4.69, 9.17) is 4.74 Å². The number of esters is 1. The van der Waals surface area contributed by atoms with E-state index in [0.717, 1.165) is 19.3 Å². The summed E-state index contributed by atoms with van der Waals surface area (Å²) in [6.07, 6.45) is 3.85. The minimum absolute atomic E-state index is 0.135. The standard InChI is InChI=1S/C15H22O3/c1-8(2)14(17)18-15(3)7-9-4-13(15)12-6-10(16)5-11(9)12/h9-13,16H,1,4-7H2,2-3H3. The molecule has 6 unspecified atom stereocenters. The largest absolute Gasteiger partial charge is 0.456 e. The number of ether oxygens (including phenoxy) is 1. The van der Waals surface area contributed by atoms with Crippen molar-refractivity contribution < 1.29 is 14.6 Å². The lowest BCUT2D eigenvalue weighted by atomic mass is 9.73. The van der Waals surface area contributed by atoms with Crippen molar-refractivity contribution >= 4 is 5.97 Å². The molecule has 3 heteroatoms. The van der Waals surface area contributed by atoms with Gasteiger partial charge in [-0.15, -0.1) is 0 Å². The SMILES string of the molecule is C=C(C)C(=O)OC1(C)CC2CC1C1CC(O)CC21. The summed E-state index contributed by atoms with van der Waals surface area (Å²) < 4.78 is 5.72. The Labute approximate surface area is 108 Å². The van der Waals surface area contributed by atoms with Gasteiger partial charge in [0.2, 0.25) is 0 Å². The molecule has 3 aliphatic carbocycles. The van der Waals surface area contributed by atoms with E-state index in [1.165, 1.54) is 6.42 Å². The molecule has 0 radical (unpaired) electrons. The first-order valence-electron chi connectivity index (χ1n) is 6.97. The highest BCUT2D eigenvalue weighted by atomic mass is 16.6. The van der Waals surface area contributed by atoms with Crippen LogP contribution in [0.2, 0.25) is 0 Å². The first kappa shape index (κ1) is 12.2. The van der Waals surface area contributed by atoms with Crippen molar-refractivity contribution in [1.29, 1.82) is 0 Å². The van der Waals surface area contributed by atoms with Crippen LogP contribution in [-0.4, -0.2) is 22.8 Å². The third-order valence-electron chi connectivity index (χ3n) is 5.44. The summed E-state index contributed by atoms with van der Waals surface area (Å²) in [7, 11) is 0. The second kappa shape index (κ2) is 3.83. The number of aliphatic hydroxyl groups is 1. The molecule has 0 aliphatic heterocycles. The monoisotopic (exact) mass is 250 g/mol. The number of rotatable bonds is 2. The first-order chi connectivity index (χ1) is 8.40. The van der Waals surface area contributed by atoms with Crippen LogP contribution in [0.5, 0.6) is 0 Å². The Bertz CT molecular complexity index is 403. The number of carbonyl (C=O) groups excluding carboxylic acids is 1. The van der Waals surface area contributed by atoms with Crippen LogP contribution in [0.1, 0.15) is 39.5 Å². The lowest BCUT2D eigenvalue weighted by molar-refractivity contribution is -0.161. The summed E-state index contributed by atoms with van der Waals surface area (Å²) in [5, 5.41) is 9.82. The van der Waals surface area contributed by atoms with Crippen molar-refractivity contribution in [3.8, 4) is 0 Å². The minimum Gasteiger partial charge on any atom is -0.456 e. The summed E-state index contributed by atoms with van der Waals surface area (Å²) in [6.45, 7) is 7.42. The Morgan fingerprint density at radius 3 is 2.67 bits per heavy atom. The van der Waals surface area contributed by atoms with Gasteiger partial charge in [-0.2, -0.15) is 0 Å². The lowest BCUT2D eigenvalue weighted by Gasteiger charge is -2.39. The average Bonchev–Trinajstić information content (AvgIpc) is 2.86. The summed E-state index contributed by atoms with van der Waals surface area (Å²) >= 11 is 0. The minimum atomic E-state index is -0.327. The van der Waals surface area contributed by atoms with Crippen molar-refractivity contribution in [2.75, 3.05) is 0 Å². The van der Waals surface area contributed by atoms with E-state index in [2.05, 4.69) is 13.5 Å². The van der Waals surface area contributed by atoms with Crippen LogP contribution in [0, 0.1) is 23.7 Å². The fraction of sp³-hybridized carbons (Fsp3) is 0.800. The highest BCUT2D eigenvalue weighted by Crippen LogP contribution is 2.63. The van der Waals surface area contributed by atoms with Gasteiger partial charge < -0.3 is 9.84 Å². The fourth-order valence-corrected chi connectivity index (χ4v) is 4.78. The van der Waals surface area contributed by atoms with Gasteiger partial charge in [0.25, 0.3) is 0 Å². The molecule has 0 spiro atoms. The molecule has 3 fully saturated rings. The summed E-state index contributed by atoms with van der Waals surface area (Å²) in [5.41, 5.74) is 0.147. The van der Waals surface area contributed by atoms with E-state index in [9.17, 15) is 9.90 Å². The molecule has 3 nitrogen and oxygen atoms in total. The van der Waals surface area contributed by atoms with E-state index < -0.39 is 0 Å². The molecular formula is C15H22O3. The predicted octanol–water partition coefficient (Wildman–Crippen LogP) is 2.29. The number of hydrogen-bond acceptors (Lipinski definition) is 3. The van der Waals surface area contributed by atoms with Gasteiger partial charge in [-0.3, -0.25) is 0 Å². The number of fused-ring (bicyclic) bond motifs is 5. The second-order valence-electron chi connectivity index (χ2n) is 6.74. The highest BCUT2D eigenvalue weighted by Gasteiger charge is 2.62. The lowest BCUT2D eigenvalue weighted by Crippen LogP contribution is -2.42. The van der Waals surface area contributed by atoms with Crippen LogP contribution < -0.4 is 0 Å². The molecule has 0 aromatic carbocycles. The fourth-order valence-electron chi connectivity index (χ4n) is 4.78. The Hall–Kier alpha value is -0.830. The van der Waals surface area contributed by atoms with E-state index >= 15 is 0 Å². The number of carbonyl (C=O) groups is 1. The van der Waals surface area contributed by atoms with E-state index in [0.29, 0.717) is 29.2 Å². The Kier molecular flexibility index (Phi) is 2.60. The van der Waals surface area contributed by atoms with E-state index in [-0.39, 0.29) is 17.7 Å². The molecular weight excluding hydrogens is 228 g/mol. The van der Waals surface area contributed by atoms with Gasteiger partial charge in [0.15, 0.2) is 0 Å². The average molecular weight is 250 g/mol. The molecule has 3 aliphatic rings. The third kappa shape index (κ3) is 1.63. The van der Waals surface area contributed by atoms with Gasteiger partial charge in [0.05, 0.1) is 6.10 Å². The molecule has 3 saturated carbocycles. The molecule has 3 rings (SSSR count). The topological polar surface area (TPSA) is 46.5 Å². The molecule has 2 bridgehead atoms. The second-order valence-corrected chi connectivity index (χ2v) is 6.74. The van der Waals surface area contributed by atoms with Crippen LogP contribution in [0.4, 0.5) is 0 Å². The van der Waals surface area contributed by atoms with Crippen molar-refractivity contribution in [3.63, 3.8) is 0 Å². The van der Waals surface area contributed by atoms with Crippen LogP contribution in [0.25, 0.3) is 0 Å². The van der Waals surface area contributed by atoms with Gasteiger partial charge >= 0.3 is 5.97 Å². The molecule has 0 aromatic rings. The maximum Gasteiger partial charge on any atom is 0.333 e. The zero-order valence-corrected chi connectivity index (χ0v) is 11.2. The maximum absolute atomic E-state index is 11.8. The highest BCUT2D eigenvalue weighted by molar-refractivity contribution is 5.87. The van der Waals surface area contributed by atoms with Crippen molar-refractivity contribution in [1.82, 2.24) is 0 Å². The molecule has 6 atom stereocenters. The number of aliphatic hydroxyl groups excluding tert-OH is 1. The molecule has 0 heterocycles. The van der Waals surface area contributed by atoms with Crippen LogP contribution in [0.3, 0.4) is 0 Å². The van der Waals surface area contributed by atoms with Crippen molar-refractivity contribution in [3.05, 3.63) is 12.2 Å². The summed E-state index contributed by atoms with van der Waals surface area (Å²) in [4.78, 5) is 11.8. The smallest absolute Gasteiger partial charge is 0.333 e. The summed E-state index contributed by atoms with van der Waals surface area (Å²) in [6, 6.07) is 0. The zero-order valence-electron chi connectivity index (χ0n) is 11.2. The van der Waals surface area contributed by atoms with Gasteiger partial charge in [-0.25, -0.2) is 4.79 Å². The Balaban J connectivity index is 1.77. The van der Waals surface area contributed by atoms with E-state index in [1.807, 2.05) is 0 Å². The quantitative estimate of drug-likeness (QED) is 0.604. The van der Waals surface area contributed by atoms with Gasteiger partial charge in [-0.1, -0.05) is 6.58 Å². The molecule has 0 aromatic heterocycles. The molecule has 0 saturated heterocycles. The van der Waals surface area contributed by atoms with Gasteiger partial charge in [0, 0.05) is 11.5 Å². The zero-order chi connectivity index (χ0) is 13.1. The maximum atomic E-state index is 11.8. The van der Waals surface area contributed by atoms with Gasteiger partial charge in [-0.05, 0) is 57.3 Å². The van der Waals surface area contributed by atoms with E-state index in [1.54, 1.807) is 6.92 Å². The van der Waals surface area contributed by atoms with Crippen LogP contribution in [0.15, 0.2) is 12.2 Å². The Morgan fingerprint density at radius 1 is 1.33 bits per heavy atom. The van der Waals surface area contributed by atoms with Crippen molar-refractivity contribution in [2.45, 2.75) is 51.2 Å². The third-order valence-corrected chi connectivity index (χ3v) is 5.44. The molecule has 0 amide bonds. The normalized spacial score (nSPS) is 49.2. The molecule has 18 heavy (non-hydrogen) atoms. The van der Waals surface area contributed by atoms with Crippen LogP contribution in [-0.2, 0) is 9.53 Å². The number of hydrogen-bond donors (Lipinski definition) is 1.